The molecule has 0 bridgehead atoms. The van der Waals surface area contributed by atoms with Crippen LogP contribution in [0.3, 0.4) is 0 Å². The van der Waals surface area contributed by atoms with Gasteiger partial charge in [-0.05, 0) is 0 Å². The Kier molecular flexibility index (Phi) is 8.24. The van der Waals surface area contributed by atoms with Crippen molar-refractivity contribution in [2.75, 3.05) is 13.2 Å². The molecule has 0 aromatic heterocycles. The van der Waals surface area contributed by atoms with Crippen LogP contribution in [0.25, 0.3) is 0 Å². The minimum absolute atomic E-state index is 0. The van der Waals surface area contributed by atoms with Crippen LogP contribution in [0.4, 0.5) is 0 Å². The first-order valence-electron chi connectivity index (χ1n) is 3.85. The molecule has 0 aliphatic heterocycles. The highest BCUT2D eigenvalue weighted by molar-refractivity contribution is 4.79. The second kappa shape index (κ2) is 7.45. The van der Waals surface area contributed by atoms with Crippen molar-refractivity contribution in [1.29, 1.82) is 0 Å². The van der Waals surface area contributed by atoms with Crippen LogP contribution in [0.1, 0.15) is 0 Å². The topological polar surface area (TPSA) is 176 Å². The van der Waals surface area contributed by atoms with Crippen LogP contribution in [-0.2, 0) is 0 Å². The molecule has 0 spiro atoms. The summed E-state index contributed by atoms with van der Waals surface area (Å²) >= 11 is 0. The van der Waals surface area contributed by atoms with Crippen LogP contribution in [0, 0.1) is 10.1 Å². The van der Waals surface area contributed by atoms with E-state index in [9.17, 15) is 10.1 Å². The maximum Gasteiger partial charge on any atom is 0.232 e. The summed E-state index contributed by atoms with van der Waals surface area (Å²) in [7, 11) is 0. The summed E-state index contributed by atoms with van der Waals surface area (Å²) in [6.45, 7) is -1.76. The lowest BCUT2D eigenvalue weighted by Crippen LogP contribution is -2.47. The fraction of sp³-hybridized carbons (Fsp3) is 1.00. The van der Waals surface area contributed by atoms with Gasteiger partial charge in [-0.1, -0.05) is 0 Å². The molecular weight excluding hydrogens is 214 g/mol. The molecule has 0 aliphatic carbocycles. The largest absolute Gasteiger partial charge is 0.412 e. The van der Waals surface area contributed by atoms with Crippen LogP contribution in [0.15, 0.2) is 0 Å². The van der Waals surface area contributed by atoms with E-state index in [2.05, 4.69) is 0 Å². The Labute approximate surface area is 84.7 Å². The summed E-state index contributed by atoms with van der Waals surface area (Å²) in [6.07, 6.45) is -7.13. The average molecular weight is 229 g/mol. The summed E-state index contributed by atoms with van der Waals surface area (Å²) < 4.78 is 0. The van der Waals surface area contributed by atoms with E-state index in [1.807, 2.05) is 0 Å². The van der Waals surface area contributed by atoms with E-state index in [0.717, 1.165) is 0 Å². The maximum absolute atomic E-state index is 9.92. The van der Waals surface area contributed by atoms with Crippen molar-refractivity contribution in [2.45, 2.75) is 24.4 Å². The molecule has 92 valence electrons. The molecule has 0 fully saturated rings. The highest BCUT2D eigenvalue weighted by atomic mass is 16.6. The second-order valence-corrected chi connectivity index (χ2v) is 2.81. The average Bonchev–Trinajstić information content (AvgIpc) is 2.13. The number of aliphatic hydroxyl groups is 5. The van der Waals surface area contributed by atoms with Gasteiger partial charge in [-0.3, -0.25) is 10.1 Å². The van der Waals surface area contributed by atoms with Gasteiger partial charge in [0.15, 0.2) is 0 Å². The quantitative estimate of drug-likeness (QED) is 0.227. The number of hydrogen-bond acceptors (Lipinski definition) is 7. The van der Waals surface area contributed by atoms with Crippen molar-refractivity contribution in [3.8, 4) is 0 Å². The molecule has 0 saturated carbocycles. The molecule has 4 atom stereocenters. The van der Waals surface area contributed by atoms with Crippen molar-refractivity contribution in [2.24, 2.45) is 0 Å². The lowest BCUT2D eigenvalue weighted by atomic mass is 10.0. The number of nitro groups is 1. The first kappa shape index (κ1) is 16.6. The Bertz CT molecular complexity index is 188. The van der Waals surface area contributed by atoms with E-state index < -0.39 is 42.5 Å². The molecule has 0 saturated heterocycles. The minimum Gasteiger partial charge on any atom is -0.412 e. The third-order valence-corrected chi connectivity index (χ3v) is 1.66. The minimum atomic E-state index is -1.87. The molecule has 0 aromatic rings. The Balaban J connectivity index is 0. The second-order valence-electron chi connectivity index (χ2n) is 2.81. The molecule has 0 radical (unpaired) electrons. The van der Waals surface area contributed by atoms with E-state index in [1.165, 1.54) is 0 Å². The lowest BCUT2D eigenvalue weighted by molar-refractivity contribution is -0.493. The van der Waals surface area contributed by atoms with Gasteiger partial charge in [0.1, 0.15) is 24.4 Å². The molecule has 0 heterocycles. The fourth-order valence-electron chi connectivity index (χ4n) is 0.824. The first-order chi connectivity index (χ1) is 6.40. The summed E-state index contributed by atoms with van der Waals surface area (Å²) in [4.78, 5) is 9.05. The molecule has 7 N–H and O–H groups in total. The Morgan fingerprint density at radius 2 is 1.47 bits per heavy atom. The van der Waals surface area contributed by atoms with Gasteiger partial charge in [-0.25, -0.2) is 0 Å². The van der Waals surface area contributed by atoms with E-state index in [0.29, 0.717) is 0 Å². The standard InChI is InChI=1S/C6H13NO7.H2O/c8-2-4(10)6(12)5(11)3(9)1-7(13)14;/h3-6,8-12H,1-2H2;1H2/t3-,4-,5+,6+;/m0./s1. The predicted octanol–water partition coefficient (Wildman–Crippen LogP) is -4.13. The molecule has 0 aromatic carbocycles. The number of nitrogens with zero attached hydrogens (tertiary/aromatic N) is 1. The van der Waals surface area contributed by atoms with Crippen LogP contribution in [0.2, 0.25) is 0 Å². The van der Waals surface area contributed by atoms with Gasteiger partial charge in [0, 0.05) is 4.92 Å². The Hall–Kier alpha value is -0.840. The van der Waals surface area contributed by atoms with Gasteiger partial charge in [0.2, 0.25) is 6.54 Å². The number of aliphatic hydroxyl groups excluding tert-OH is 5. The predicted molar refractivity (Wildman–Crippen MR) is 46.6 cm³/mol. The molecule has 15 heavy (non-hydrogen) atoms. The van der Waals surface area contributed by atoms with Crippen LogP contribution >= 0.6 is 0 Å². The smallest absolute Gasteiger partial charge is 0.232 e. The third kappa shape index (κ3) is 5.57. The highest BCUT2D eigenvalue weighted by Crippen LogP contribution is 2.05. The van der Waals surface area contributed by atoms with Crippen molar-refractivity contribution >= 4 is 0 Å². The van der Waals surface area contributed by atoms with E-state index >= 15 is 0 Å². The van der Waals surface area contributed by atoms with Gasteiger partial charge in [-0.2, -0.15) is 0 Å². The molecule has 0 aliphatic rings. The number of rotatable bonds is 6. The van der Waals surface area contributed by atoms with Gasteiger partial charge >= 0.3 is 0 Å². The summed E-state index contributed by atoms with van der Waals surface area (Å²) in [5.74, 6) is 0. The number of hydrogen-bond donors (Lipinski definition) is 5. The first-order valence-corrected chi connectivity index (χ1v) is 3.85. The van der Waals surface area contributed by atoms with Crippen molar-refractivity contribution in [3.05, 3.63) is 10.1 Å². The van der Waals surface area contributed by atoms with Crippen LogP contribution < -0.4 is 0 Å². The Morgan fingerprint density at radius 1 is 1.07 bits per heavy atom. The van der Waals surface area contributed by atoms with Gasteiger partial charge in [0.25, 0.3) is 0 Å². The zero-order valence-electron chi connectivity index (χ0n) is 7.72. The van der Waals surface area contributed by atoms with Gasteiger partial charge in [-0.15, -0.1) is 0 Å². The van der Waals surface area contributed by atoms with Crippen LogP contribution in [0.5, 0.6) is 0 Å². The van der Waals surface area contributed by atoms with Crippen molar-refractivity contribution in [1.82, 2.24) is 0 Å². The SMILES string of the molecule is O.O=[N+]([O-])C[C@H](O)[C@@H](O)[C@H](O)[C@@H](O)CO. The zero-order valence-corrected chi connectivity index (χ0v) is 7.72. The maximum atomic E-state index is 9.92. The van der Waals surface area contributed by atoms with Gasteiger partial charge < -0.3 is 31.0 Å². The van der Waals surface area contributed by atoms with Crippen molar-refractivity contribution in [3.63, 3.8) is 0 Å². The Morgan fingerprint density at radius 3 is 1.80 bits per heavy atom. The lowest BCUT2D eigenvalue weighted by Gasteiger charge is -2.23. The third-order valence-electron chi connectivity index (χ3n) is 1.66. The molecule has 9 heteroatoms. The molecule has 0 amide bonds. The summed E-state index contributed by atoms with van der Waals surface area (Å²) in [5, 5.41) is 54.2. The molecular formula is C6H15NO8. The fourth-order valence-corrected chi connectivity index (χ4v) is 0.824. The van der Waals surface area contributed by atoms with Crippen LogP contribution in [-0.4, -0.2) is 73.5 Å². The van der Waals surface area contributed by atoms with E-state index in [4.69, 9.17) is 25.5 Å². The van der Waals surface area contributed by atoms with Crippen molar-refractivity contribution < 1.29 is 35.9 Å². The van der Waals surface area contributed by atoms with E-state index in [-0.39, 0.29) is 5.48 Å². The normalized spacial score (nSPS) is 18.5. The molecule has 0 rings (SSSR count). The summed E-state index contributed by atoms with van der Waals surface area (Å²) in [6, 6.07) is 0. The highest BCUT2D eigenvalue weighted by Gasteiger charge is 2.32. The van der Waals surface area contributed by atoms with Gasteiger partial charge in [0.05, 0.1) is 6.61 Å². The molecule has 9 nitrogen and oxygen atoms in total. The zero-order chi connectivity index (χ0) is 11.3. The summed E-state index contributed by atoms with van der Waals surface area (Å²) in [5.41, 5.74) is 0. The molecule has 0 unspecified atom stereocenters. The van der Waals surface area contributed by atoms with E-state index in [1.54, 1.807) is 0 Å². The monoisotopic (exact) mass is 229 g/mol.